The fourth-order valence-electron chi connectivity index (χ4n) is 2.19. The summed E-state index contributed by atoms with van der Waals surface area (Å²) in [7, 11) is 0. The van der Waals surface area contributed by atoms with Gasteiger partial charge in [0.05, 0.1) is 3.39 Å². The van der Waals surface area contributed by atoms with E-state index in [-0.39, 0.29) is 5.41 Å². The molecule has 0 saturated carbocycles. The van der Waals surface area contributed by atoms with Crippen molar-refractivity contribution in [3.8, 4) is 11.8 Å². The van der Waals surface area contributed by atoms with Gasteiger partial charge in [0.25, 0.3) is 0 Å². The van der Waals surface area contributed by atoms with E-state index in [1.165, 1.54) is 0 Å². The fraction of sp³-hybridized carbons (Fsp3) is 0.538. The van der Waals surface area contributed by atoms with Gasteiger partial charge in [-0.15, -0.1) is 5.92 Å². The molecule has 1 rings (SSSR count). The molecule has 0 N–H and O–H groups in total. The summed E-state index contributed by atoms with van der Waals surface area (Å²) in [4.78, 5) is 0. The van der Waals surface area contributed by atoms with Crippen LogP contribution in [0, 0.1) is 29.1 Å². The van der Waals surface area contributed by atoms with Gasteiger partial charge in [-0.25, -0.2) is 0 Å². The van der Waals surface area contributed by atoms with Gasteiger partial charge in [0.2, 0.25) is 0 Å². The van der Waals surface area contributed by atoms with E-state index in [4.69, 9.17) is 0 Å². The maximum Gasteiger partial charge on any atom is 0.0570 e. The lowest BCUT2D eigenvalue weighted by Crippen LogP contribution is -2.28. The van der Waals surface area contributed by atoms with Gasteiger partial charge < -0.3 is 0 Å². The Hall–Kier alpha value is -0.000000000000000111. The van der Waals surface area contributed by atoms with Crippen LogP contribution in [0.4, 0.5) is 0 Å². The highest BCUT2D eigenvalue weighted by Crippen LogP contribution is 2.41. The van der Waals surface area contributed by atoms with Crippen LogP contribution in [0.1, 0.15) is 27.2 Å². The van der Waals surface area contributed by atoms with Crippen molar-refractivity contribution in [1.82, 2.24) is 0 Å². The Morgan fingerprint density at radius 3 is 2.67 bits per heavy atom. The van der Waals surface area contributed by atoms with Gasteiger partial charge in [-0.1, -0.05) is 31.1 Å². The predicted molar refractivity (Wildman–Crippen MR) is 73.9 cm³/mol. The van der Waals surface area contributed by atoms with Crippen molar-refractivity contribution in [2.45, 2.75) is 27.2 Å². The van der Waals surface area contributed by atoms with E-state index in [0.29, 0.717) is 11.8 Å². The van der Waals surface area contributed by atoms with E-state index in [1.807, 2.05) is 6.92 Å². The fourth-order valence-corrected chi connectivity index (χ4v) is 2.76. The van der Waals surface area contributed by atoms with Crippen molar-refractivity contribution in [1.29, 1.82) is 0 Å². The lowest BCUT2D eigenvalue weighted by atomic mass is 9.68. The molecule has 1 aliphatic rings. The third-order valence-electron chi connectivity index (χ3n) is 2.84. The van der Waals surface area contributed by atoms with E-state index >= 15 is 0 Å². The number of hydrogen-bond acceptors (Lipinski definition) is 0. The molecule has 15 heavy (non-hydrogen) atoms. The van der Waals surface area contributed by atoms with Crippen molar-refractivity contribution >= 4 is 31.9 Å². The second kappa shape index (κ2) is 5.37. The molecule has 1 aliphatic carbocycles. The maximum absolute atomic E-state index is 3.42. The topological polar surface area (TPSA) is 0 Å². The van der Waals surface area contributed by atoms with E-state index in [1.54, 1.807) is 0 Å². The summed E-state index contributed by atoms with van der Waals surface area (Å²) in [6.45, 7) is 6.40. The first-order chi connectivity index (χ1) is 6.98. The summed E-state index contributed by atoms with van der Waals surface area (Å²) in [6.07, 6.45) is 7.84. The molecule has 82 valence electrons. The highest BCUT2D eigenvalue weighted by molar-refractivity contribution is 9.28. The summed E-state index contributed by atoms with van der Waals surface area (Å²) >= 11 is 6.85. The van der Waals surface area contributed by atoms with E-state index < -0.39 is 0 Å². The molecule has 0 spiro atoms. The molecule has 2 heteroatoms. The zero-order chi connectivity index (χ0) is 11.5. The molecule has 0 aromatic carbocycles. The maximum atomic E-state index is 3.42. The second-order valence-corrected chi connectivity index (χ2v) is 7.11. The Morgan fingerprint density at radius 1 is 1.47 bits per heavy atom. The lowest BCUT2D eigenvalue weighted by Gasteiger charge is -2.35. The van der Waals surface area contributed by atoms with Gasteiger partial charge in [0.1, 0.15) is 0 Å². The van der Waals surface area contributed by atoms with E-state index in [2.05, 4.69) is 75.8 Å². The van der Waals surface area contributed by atoms with Gasteiger partial charge in [0, 0.05) is 11.3 Å². The van der Waals surface area contributed by atoms with Crippen molar-refractivity contribution < 1.29 is 0 Å². The third-order valence-corrected chi connectivity index (χ3v) is 3.37. The lowest BCUT2D eigenvalue weighted by molar-refractivity contribution is 0.294. The van der Waals surface area contributed by atoms with Crippen LogP contribution in [0.15, 0.2) is 21.6 Å². The standard InChI is InChI=1S/C13H16Br2/c1-4-7-13(3)9-10(2)5-6-11(13)8-12(14)15/h5-6,8,10-11H,9H2,1-3H3/t10-,11-,13-/m1/s1. The van der Waals surface area contributed by atoms with Crippen molar-refractivity contribution in [2.75, 3.05) is 0 Å². The van der Waals surface area contributed by atoms with Gasteiger partial charge in [-0.05, 0) is 58.0 Å². The molecule has 0 bridgehead atoms. The first-order valence-electron chi connectivity index (χ1n) is 5.13. The smallest absolute Gasteiger partial charge is 0.0570 e. The number of rotatable bonds is 1. The first-order valence-corrected chi connectivity index (χ1v) is 6.71. The Morgan fingerprint density at radius 2 is 2.13 bits per heavy atom. The molecule has 0 aromatic heterocycles. The minimum absolute atomic E-state index is 0.0652. The van der Waals surface area contributed by atoms with Crippen LogP contribution in [0.5, 0.6) is 0 Å². The van der Waals surface area contributed by atoms with Crippen LogP contribution in [-0.4, -0.2) is 0 Å². The first kappa shape index (κ1) is 13.1. The van der Waals surface area contributed by atoms with Crippen LogP contribution in [0.2, 0.25) is 0 Å². The Bertz CT molecular complexity index is 339. The molecule has 0 aromatic rings. The van der Waals surface area contributed by atoms with E-state index in [0.717, 1.165) is 9.81 Å². The molecule has 0 unspecified atom stereocenters. The Labute approximate surface area is 109 Å². The number of allylic oxidation sites excluding steroid dienone is 3. The molecular formula is C13H16Br2. The predicted octanol–water partition coefficient (Wildman–Crippen LogP) is 4.86. The molecule has 0 amide bonds. The average Bonchev–Trinajstić information content (AvgIpc) is 2.10. The van der Waals surface area contributed by atoms with Gasteiger partial charge in [-0.2, -0.15) is 0 Å². The summed E-state index contributed by atoms with van der Waals surface area (Å²) in [6, 6.07) is 0. The molecular weight excluding hydrogens is 316 g/mol. The van der Waals surface area contributed by atoms with Crippen molar-refractivity contribution in [3.05, 3.63) is 21.6 Å². The van der Waals surface area contributed by atoms with Crippen molar-refractivity contribution in [2.24, 2.45) is 17.3 Å². The number of hydrogen-bond donors (Lipinski definition) is 0. The molecule has 3 atom stereocenters. The highest BCUT2D eigenvalue weighted by atomic mass is 79.9. The van der Waals surface area contributed by atoms with Crippen LogP contribution in [0.25, 0.3) is 0 Å². The van der Waals surface area contributed by atoms with Gasteiger partial charge in [-0.3, -0.25) is 0 Å². The number of halogens is 2. The summed E-state index contributed by atoms with van der Waals surface area (Å²) in [5, 5.41) is 0. The molecule has 0 nitrogen and oxygen atoms in total. The van der Waals surface area contributed by atoms with Crippen LogP contribution >= 0.6 is 31.9 Å². The quantitative estimate of drug-likeness (QED) is 0.475. The summed E-state index contributed by atoms with van der Waals surface area (Å²) in [5.74, 6) is 7.42. The van der Waals surface area contributed by atoms with Crippen LogP contribution in [-0.2, 0) is 0 Å². The molecule has 0 aliphatic heterocycles. The normalized spacial score (nSPS) is 34.2. The largest absolute Gasteiger partial charge is 0.106 e. The summed E-state index contributed by atoms with van der Waals surface area (Å²) in [5.41, 5.74) is 0.0652. The second-order valence-electron chi connectivity index (χ2n) is 4.34. The monoisotopic (exact) mass is 330 g/mol. The summed E-state index contributed by atoms with van der Waals surface area (Å²) < 4.78 is 1.00. The molecule has 0 fully saturated rings. The van der Waals surface area contributed by atoms with Crippen LogP contribution in [0.3, 0.4) is 0 Å². The zero-order valence-corrected chi connectivity index (χ0v) is 12.5. The minimum Gasteiger partial charge on any atom is -0.106 e. The van der Waals surface area contributed by atoms with Crippen LogP contribution < -0.4 is 0 Å². The Kier molecular flexibility index (Phi) is 4.67. The average molecular weight is 332 g/mol. The highest BCUT2D eigenvalue weighted by Gasteiger charge is 2.33. The van der Waals surface area contributed by atoms with Gasteiger partial charge >= 0.3 is 0 Å². The molecule has 0 radical (unpaired) electrons. The minimum atomic E-state index is 0.0652. The van der Waals surface area contributed by atoms with Crippen molar-refractivity contribution in [3.63, 3.8) is 0 Å². The SMILES string of the molecule is CC#C[C@]1(C)C[C@H](C)C=C[C@@H]1C=C(Br)Br. The zero-order valence-electron chi connectivity index (χ0n) is 9.35. The molecule has 0 saturated heterocycles. The van der Waals surface area contributed by atoms with E-state index in [9.17, 15) is 0 Å². The molecule has 0 heterocycles. The van der Waals surface area contributed by atoms with Gasteiger partial charge in [0.15, 0.2) is 0 Å². The third kappa shape index (κ3) is 3.50. The Balaban J connectivity index is 3.04.